The Morgan fingerprint density at radius 1 is 1.29 bits per heavy atom. The summed E-state index contributed by atoms with van der Waals surface area (Å²) < 4.78 is 0. The van der Waals surface area contributed by atoms with E-state index in [9.17, 15) is 0 Å². The van der Waals surface area contributed by atoms with Gasteiger partial charge in [-0.3, -0.25) is 0 Å². The Hall–Kier alpha value is -1.77. The van der Waals surface area contributed by atoms with Crippen LogP contribution in [0.1, 0.15) is 6.92 Å². The maximum Gasteiger partial charge on any atom is 0.207 e. The van der Waals surface area contributed by atoms with Crippen LogP contribution in [0.3, 0.4) is 0 Å². The molecule has 0 radical (unpaired) electrons. The van der Waals surface area contributed by atoms with Gasteiger partial charge in [0.15, 0.2) is 0 Å². The van der Waals surface area contributed by atoms with Crippen LogP contribution >= 0.6 is 0 Å². The van der Waals surface area contributed by atoms with Gasteiger partial charge < -0.3 is 9.88 Å². The third-order valence-electron chi connectivity index (χ3n) is 2.12. The predicted molar refractivity (Wildman–Crippen MR) is 57.7 cm³/mol. The van der Waals surface area contributed by atoms with Crippen molar-refractivity contribution in [2.24, 2.45) is 0 Å². The van der Waals surface area contributed by atoms with Gasteiger partial charge in [0.25, 0.3) is 0 Å². The first kappa shape index (κ1) is 8.81. The van der Waals surface area contributed by atoms with Crippen LogP contribution in [0.4, 0.5) is 11.6 Å². The number of H-pyrrole nitrogens is 1. The molecule has 0 unspecified atom stereocenters. The Morgan fingerprint density at radius 2 is 2.07 bits per heavy atom. The van der Waals surface area contributed by atoms with Crippen LogP contribution in [-0.4, -0.2) is 16.5 Å². The number of benzene rings is 1. The Labute approximate surface area is 83.4 Å². The lowest BCUT2D eigenvalue weighted by Crippen LogP contribution is -2.17. The maximum atomic E-state index is 4.23. The number of hydrogen-bond acceptors (Lipinski definition) is 2. The fourth-order valence-corrected chi connectivity index (χ4v) is 1.47. The molecule has 72 valence electrons. The summed E-state index contributed by atoms with van der Waals surface area (Å²) in [7, 11) is 0. The van der Waals surface area contributed by atoms with Gasteiger partial charge in [0.2, 0.25) is 5.95 Å². The van der Waals surface area contributed by atoms with Crippen LogP contribution in [0.15, 0.2) is 42.7 Å². The molecule has 0 aliphatic heterocycles. The molecular formula is C11H13N3. The molecular weight excluding hydrogens is 174 g/mol. The monoisotopic (exact) mass is 187 g/mol. The van der Waals surface area contributed by atoms with Gasteiger partial charge in [0, 0.05) is 24.6 Å². The van der Waals surface area contributed by atoms with E-state index in [0.29, 0.717) is 0 Å². The highest BCUT2D eigenvalue weighted by molar-refractivity contribution is 5.56. The number of imidazole rings is 1. The highest BCUT2D eigenvalue weighted by atomic mass is 15.3. The van der Waals surface area contributed by atoms with Gasteiger partial charge in [-0.25, -0.2) is 4.98 Å². The summed E-state index contributed by atoms with van der Waals surface area (Å²) in [5.74, 6) is 0.888. The average molecular weight is 187 g/mol. The molecule has 1 aromatic carbocycles. The molecule has 0 atom stereocenters. The molecule has 1 heterocycles. The van der Waals surface area contributed by atoms with Crippen LogP contribution in [0.25, 0.3) is 0 Å². The lowest BCUT2D eigenvalue weighted by atomic mass is 10.3. The van der Waals surface area contributed by atoms with E-state index in [1.54, 1.807) is 6.20 Å². The van der Waals surface area contributed by atoms with Crippen LogP contribution < -0.4 is 4.90 Å². The van der Waals surface area contributed by atoms with E-state index in [2.05, 4.69) is 33.9 Å². The Kier molecular flexibility index (Phi) is 2.49. The smallest absolute Gasteiger partial charge is 0.207 e. The summed E-state index contributed by atoms with van der Waals surface area (Å²) >= 11 is 0. The quantitative estimate of drug-likeness (QED) is 0.800. The van der Waals surface area contributed by atoms with Gasteiger partial charge in [-0.1, -0.05) is 18.2 Å². The molecule has 0 amide bonds. The minimum Gasteiger partial charge on any atom is -0.331 e. The minimum absolute atomic E-state index is 0.888. The Morgan fingerprint density at radius 3 is 2.64 bits per heavy atom. The van der Waals surface area contributed by atoms with Crippen LogP contribution in [-0.2, 0) is 0 Å². The van der Waals surface area contributed by atoms with Gasteiger partial charge in [-0.05, 0) is 19.1 Å². The van der Waals surface area contributed by atoms with E-state index >= 15 is 0 Å². The molecule has 0 aliphatic carbocycles. The number of nitrogens with one attached hydrogen (secondary N) is 1. The molecule has 3 nitrogen and oxygen atoms in total. The number of rotatable bonds is 3. The average Bonchev–Trinajstić information content (AvgIpc) is 2.74. The molecule has 0 saturated heterocycles. The minimum atomic E-state index is 0.888. The van der Waals surface area contributed by atoms with Gasteiger partial charge >= 0.3 is 0 Å². The van der Waals surface area contributed by atoms with Crippen molar-refractivity contribution in [3.63, 3.8) is 0 Å². The molecule has 2 rings (SSSR count). The summed E-state index contributed by atoms with van der Waals surface area (Å²) in [6.45, 7) is 3.01. The van der Waals surface area contributed by atoms with Crippen LogP contribution in [0, 0.1) is 0 Å². The molecule has 0 spiro atoms. The first-order chi connectivity index (χ1) is 6.92. The summed E-state index contributed by atoms with van der Waals surface area (Å²) in [6, 6.07) is 10.2. The van der Waals surface area contributed by atoms with Crippen molar-refractivity contribution in [3.8, 4) is 0 Å². The third kappa shape index (κ3) is 1.62. The Bertz CT molecular complexity index is 367. The third-order valence-corrected chi connectivity index (χ3v) is 2.12. The van der Waals surface area contributed by atoms with Crippen molar-refractivity contribution >= 4 is 11.6 Å². The lowest BCUT2D eigenvalue weighted by Gasteiger charge is -2.19. The van der Waals surface area contributed by atoms with Crippen molar-refractivity contribution in [2.75, 3.05) is 11.4 Å². The van der Waals surface area contributed by atoms with Crippen molar-refractivity contribution in [1.82, 2.24) is 9.97 Å². The molecule has 0 saturated carbocycles. The second kappa shape index (κ2) is 3.96. The molecule has 0 aliphatic rings. The zero-order valence-corrected chi connectivity index (χ0v) is 8.14. The number of aromatic nitrogens is 2. The van der Waals surface area contributed by atoms with E-state index in [0.717, 1.165) is 18.2 Å². The van der Waals surface area contributed by atoms with E-state index in [1.807, 2.05) is 24.4 Å². The van der Waals surface area contributed by atoms with Gasteiger partial charge in [0.05, 0.1) is 0 Å². The van der Waals surface area contributed by atoms with E-state index in [-0.39, 0.29) is 0 Å². The highest BCUT2D eigenvalue weighted by Crippen LogP contribution is 2.20. The van der Waals surface area contributed by atoms with Crippen molar-refractivity contribution < 1.29 is 0 Å². The largest absolute Gasteiger partial charge is 0.331 e. The van der Waals surface area contributed by atoms with E-state index in [4.69, 9.17) is 0 Å². The van der Waals surface area contributed by atoms with Crippen molar-refractivity contribution in [1.29, 1.82) is 0 Å². The summed E-state index contributed by atoms with van der Waals surface area (Å²) in [5, 5.41) is 0. The van der Waals surface area contributed by atoms with Crippen LogP contribution in [0.5, 0.6) is 0 Å². The Balaban J connectivity index is 2.31. The molecule has 1 aromatic heterocycles. The summed E-state index contributed by atoms with van der Waals surface area (Å²) in [5.41, 5.74) is 1.16. The normalized spacial score (nSPS) is 10.1. The zero-order chi connectivity index (χ0) is 9.80. The van der Waals surface area contributed by atoms with Crippen molar-refractivity contribution in [3.05, 3.63) is 42.7 Å². The lowest BCUT2D eigenvalue weighted by molar-refractivity contribution is 0.970. The molecule has 3 heteroatoms. The second-order valence-electron chi connectivity index (χ2n) is 2.99. The predicted octanol–water partition coefficient (Wildman–Crippen LogP) is 2.57. The summed E-state index contributed by atoms with van der Waals surface area (Å²) in [4.78, 5) is 9.46. The molecule has 0 bridgehead atoms. The molecule has 1 N–H and O–H groups in total. The number of aromatic amines is 1. The van der Waals surface area contributed by atoms with E-state index < -0.39 is 0 Å². The fourth-order valence-electron chi connectivity index (χ4n) is 1.47. The van der Waals surface area contributed by atoms with E-state index in [1.165, 1.54) is 0 Å². The number of nitrogens with zero attached hydrogens (tertiary/aromatic N) is 2. The van der Waals surface area contributed by atoms with Crippen molar-refractivity contribution in [2.45, 2.75) is 6.92 Å². The standard InChI is InChI=1S/C11H13N3/c1-2-14(11-12-8-9-13-11)10-6-4-3-5-7-10/h3-9H,2H2,1H3,(H,12,13). The maximum absolute atomic E-state index is 4.23. The first-order valence-electron chi connectivity index (χ1n) is 4.74. The molecule has 2 aromatic rings. The first-order valence-corrected chi connectivity index (χ1v) is 4.74. The molecule has 0 fully saturated rings. The van der Waals surface area contributed by atoms with Gasteiger partial charge in [-0.15, -0.1) is 0 Å². The number of para-hydroxylation sites is 1. The van der Waals surface area contributed by atoms with Gasteiger partial charge in [-0.2, -0.15) is 0 Å². The SMILES string of the molecule is CCN(c1ccccc1)c1ncc[nH]1. The number of hydrogen-bond donors (Lipinski definition) is 1. The van der Waals surface area contributed by atoms with Crippen LogP contribution in [0.2, 0.25) is 0 Å². The zero-order valence-electron chi connectivity index (χ0n) is 8.14. The second-order valence-corrected chi connectivity index (χ2v) is 2.99. The highest BCUT2D eigenvalue weighted by Gasteiger charge is 2.07. The molecule has 14 heavy (non-hydrogen) atoms. The fraction of sp³-hybridized carbons (Fsp3) is 0.182. The van der Waals surface area contributed by atoms with Gasteiger partial charge in [0.1, 0.15) is 0 Å². The topological polar surface area (TPSA) is 31.9 Å². The number of anilines is 2. The summed E-state index contributed by atoms with van der Waals surface area (Å²) in [6.07, 6.45) is 3.60.